The molecule has 0 fully saturated rings. The lowest BCUT2D eigenvalue weighted by Gasteiger charge is -2.11. The molecule has 21 heavy (non-hydrogen) atoms. The first-order valence-corrected chi connectivity index (χ1v) is 6.31. The minimum atomic E-state index is -0.436. The third kappa shape index (κ3) is 3.46. The lowest BCUT2D eigenvalue weighted by atomic mass is 10.1. The quantitative estimate of drug-likeness (QED) is 0.497. The van der Waals surface area contributed by atoms with Crippen LogP contribution in [0.5, 0.6) is 5.75 Å². The van der Waals surface area contributed by atoms with E-state index in [1.807, 2.05) is 13.0 Å². The largest absolute Gasteiger partial charge is 0.482 e. The Balaban J connectivity index is 2.25. The van der Waals surface area contributed by atoms with Gasteiger partial charge in [0, 0.05) is 12.3 Å². The van der Waals surface area contributed by atoms with Crippen molar-refractivity contribution in [2.24, 2.45) is 5.84 Å². The Bertz CT molecular complexity index is 673. The summed E-state index contributed by atoms with van der Waals surface area (Å²) in [7, 11) is 0. The van der Waals surface area contributed by atoms with Gasteiger partial charge in [-0.2, -0.15) is 0 Å². The maximum atomic E-state index is 11.1. The number of hydrogen-bond donors (Lipinski definition) is 2. The Labute approximate surface area is 121 Å². The molecule has 2 rings (SSSR count). The van der Waals surface area contributed by atoms with Crippen molar-refractivity contribution >= 4 is 11.5 Å². The molecule has 110 valence electrons. The van der Waals surface area contributed by atoms with Crippen LogP contribution in [0.2, 0.25) is 0 Å². The van der Waals surface area contributed by atoms with Crippen LogP contribution in [0.15, 0.2) is 30.5 Å². The Morgan fingerprint density at radius 2 is 2.14 bits per heavy atom. The molecule has 7 nitrogen and oxygen atoms in total. The molecule has 1 heterocycles. The second kappa shape index (κ2) is 6.19. The van der Waals surface area contributed by atoms with Gasteiger partial charge in [-0.15, -0.1) is 0 Å². The zero-order valence-corrected chi connectivity index (χ0v) is 11.8. The van der Waals surface area contributed by atoms with Gasteiger partial charge in [-0.25, -0.2) is 10.8 Å². The fraction of sp³-hybridized carbons (Fsp3) is 0.214. The molecule has 1 aromatic carbocycles. The fourth-order valence-corrected chi connectivity index (χ4v) is 2.05. The Kier molecular flexibility index (Phi) is 4.34. The molecule has 0 amide bonds. The molecule has 0 spiro atoms. The number of nitrogen functional groups attached to an aromatic ring is 1. The highest BCUT2D eigenvalue weighted by molar-refractivity contribution is 5.53. The van der Waals surface area contributed by atoms with E-state index < -0.39 is 4.92 Å². The van der Waals surface area contributed by atoms with Crippen molar-refractivity contribution in [1.29, 1.82) is 0 Å². The summed E-state index contributed by atoms with van der Waals surface area (Å²) < 4.78 is 5.63. The van der Waals surface area contributed by atoms with Crippen LogP contribution in [-0.4, -0.2) is 9.91 Å². The first kappa shape index (κ1) is 14.7. The molecule has 0 saturated carbocycles. The van der Waals surface area contributed by atoms with E-state index in [1.54, 1.807) is 25.3 Å². The lowest BCUT2D eigenvalue weighted by Crippen LogP contribution is -2.09. The van der Waals surface area contributed by atoms with E-state index in [2.05, 4.69) is 10.4 Å². The van der Waals surface area contributed by atoms with Crippen LogP contribution in [0.4, 0.5) is 11.5 Å². The van der Waals surface area contributed by atoms with Crippen molar-refractivity contribution in [2.45, 2.75) is 20.5 Å². The van der Waals surface area contributed by atoms with E-state index in [1.165, 1.54) is 6.07 Å². The standard InChI is InChI=1S/C14H16N4O3/c1-9-5-10(2)14(12(6-9)18(19)20)21-8-11-3-4-16-13(7-11)17-15/h3-7H,8,15H2,1-2H3,(H,16,17). The number of aryl methyl sites for hydroxylation is 2. The molecule has 7 heteroatoms. The summed E-state index contributed by atoms with van der Waals surface area (Å²) in [5, 5.41) is 11.1. The van der Waals surface area contributed by atoms with Crippen LogP contribution in [-0.2, 0) is 6.61 Å². The number of nitrogens with zero attached hydrogens (tertiary/aromatic N) is 2. The van der Waals surface area contributed by atoms with Crippen molar-refractivity contribution in [3.05, 3.63) is 57.3 Å². The van der Waals surface area contributed by atoms with Gasteiger partial charge in [0.15, 0.2) is 5.75 Å². The smallest absolute Gasteiger partial charge is 0.311 e. The van der Waals surface area contributed by atoms with Crippen LogP contribution >= 0.6 is 0 Å². The van der Waals surface area contributed by atoms with Gasteiger partial charge in [-0.3, -0.25) is 10.1 Å². The normalized spacial score (nSPS) is 10.2. The summed E-state index contributed by atoms with van der Waals surface area (Å²) in [6, 6.07) is 6.83. The summed E-state index contributed by atoms with van der Waals surface area (Å²) in [4.78, 5) is 14.7. The second-order valence-corrected chi connectivity index (χ2v) is 4.67. The van der Waals surface area contributed by atoms with E-state index in [0.29, 0.717) is 5.82 Å². The molecular weight excluding hydrogens is 272 g/mol. The SMILES string of the molecule is Cc1cc(C)c(OCc2ccnc(NN)c2)c([N+](=O)[O-])c1. The minimum Gasteiger partial charge on any atom is -0.482 e. The molecule has 0 radical (unpaired) electrons. The number of hydrazine groups is 1. The third-order valence-electron chi connectivity index (χ3n) is 2.95. The molecule has 0 atom stereocenters. The number of nitro groups is 1. The summed E-state index contributed by atoms with van der Waals surface area (Å²) in [6.07, 6.45) is 1.59. The van der Waals surface area contributed by atoms with E-state index in [-0.39, 0.29) is 18.0 Å². The van der Waals surface area contributed by atoms with Crippen molar-refractivity contribution in [3.8, 4) is 5.75 Å². The molecule has 3 N–H and O–H groups in total. The number of anilines is 1. The number of rotatable bonds is 5. The average molecular weight is 288 g/mol. The predicted molar refractivity (Wildman–Crippen MR) is 78.9 cm³/mol. The van der Waals surface area contributed by atoms with Gasteiger partial charge in [0.25, 0.3) is 0 Å². The topological polar surface area (TPSA) is 103 Å². The van der Waals surface area contributed by atoms with Crippen molar-refractivity contribution < 1.29 is 9.66 Å². The van der Waals surface area contributed by atoms with Crippen molar-refractivity contribution in [2.75, 3.05) is 5.43 Å². The van der Waals surface area contributed by atoms with Crippen LogP contribution in [0.1, 0.15) is 16.7 Å². The molecule has 2 aromatic rings. The maximum absolute atomic E-state index is 11.1. The first-order chi connectivity index (χ1) is 10.0. The van der Waals surface area contributed by atoms with Gasteiger partial charge in [0.1, 0.15) is 12.4 Å². The summed E-state index contributed by atoms with van der Waals surface area (Å²) in [5.41, 5.74) is 4.78. The highest BCUT2D eigenvalue weighted by atomic mass is 16.6. The Hall–Kier alpha value is -2.67. The number of benzene rings is 1. The maximum Gasteiger partial charge on any atom is 0.311 e. The average Bonchev–Trinajstić information content (AvgIpc) is 2.45. The predicted octanol–water partition coefficient (Wildman–Crippen LogP) is 2.47. The zero-order chi connectivity index (χ0) is 15.4. The number of nitrogens with one attached hydrogen (secondary N) is 1. The first-order valence-electron chi connectivity index (χ1n) is 6.31. The van der Waals surface area contributed by atoms with Crippen molar-refractivity contribution in [1.82, 2.24) is 4.98 Å². The van der Waals surface area contributed by atoms with Gasteiger partial charge in [-0.05, 0) is 42.7 Å². The number of ether oxygens (including phenoxy) is 1. The highest BCUT2D eigenvalue weighted by Crippen LogP contribution is 2.32. The van der Waals surface area contributed by atoms with Crippen LogP contribution < -0.4 is 16.0 Å². The van der Waals surface area contributed by atoms with Crippen LogP contribution in [0.3, 0.4) is 0 Å². The van der Waals surface area contributed by atoms with Gasteiger partial charge in [-0.1, -0.05) is 6.07 Å². The number of aromatic nitrogens is 1. The van der Waals surface area contributed by atoms with E-state index in [4.69, 9.17) is 10.6 Å². The summed E-state index contributed by atoms with van der Waals surface area (Å²) in [6.45, 7) is 3.79. The molecule has 0 saturated heterocycles. The van der Waals surface area contributed by atoms with Gasteiger partial charge < -0.3 is 10.2 Å². The van der Waals surface area contributed by atoms with Crippen LogP contribution in [0.25, 0.3) is 0 Å². The molecule has 0 bridgehead atoms. The fourth-order valence-electron chi connectivity index (χ4n) is 2.05. The number of nitro benzene ring substituents is 1. The van der Waals surface area contributed by atoms with E-state index in [0.717, 1.165) is 16.7 Å². The van der Waals surface area contributed by atoms with Gasteiger partial charge >= 0.3 is 5.69 Å². The summed E-state index contributed by atoms with van der Waals surface area (Å²) in [5.74, 6) is 6.08. The number of hydrogen-bond acceptors (Lipinski definition) is 6. The molecule has 0 aliphatic heterocycles. The number of nitrogens with two attached hydrogens (primary N) is 1. The van der Waals surface area contributed by atoms with Crippen molar-refractivity contribution in [3.63, 3.8) is 0 Å². The molecular formula is C14H16N4O3. The third-order valence-corrected chi connectivity index (χ3v) is 2.95. The van der Waals surface area contributed by atoms with Gasteiger partial charge in [0.2, 0.25) is 0 Å². The summed E-state index contributed by atoms with van der Waals surface area (Å²) >= 11 is 0. The number of pyridine rings is 1. The van der Waals surface area contributed by atoms with Gasteiger partial charge in [0.05, 0.1) is 4.92 Å². The Morgan fingerprint density at radius 3 is 2.81 bits per heavy atom. The Morgan fingerprint density at radius 1 is 1.38 bits per heavy atom. The highest BCUT2D eigenvalue weighted by Gasteiger charge is 2.18. The van der Waals surface area contributed by atoms with E-state index in [9.17, 15) is 10.1 Å². The monoisotopic (exact) mass is 288 g/mol. The van der Waals surface area contributed by atoms with Crippen LogP contribution in [0, 0.1) is 24.0 Å². The van der Waals surface area contributed by atoms with E-state index >= 15 is 0 Å². The zero-order valence-electron chi connectivity index (χ0n) is 11.8. The lowest BCUT2D eigenvalue weighted by molar-refractivity contribution is -0.386. The molecule has 0 unspecified atom stereocenters. The second-order valence-electron chi connectivity index (χ2n) is 4.67. The molecule has 1 aromatic heterocycles. The molecule has 0 aliphatic carbocycles. The minimum absolute atomic E-state index is 0.0290. The molecule has 0 aliphatic rings.